The SMILES string of the molecule is CCC(O)CCNC(C)c1ccc(CC(C)C)cc1. The molecule has 2 atom stereocenters. The molecule has 0 spiro atoms. The summed E-state index contributed by atoms with van der Waals surface area (Å²) in [6, 6.07) is 9.23. The van der Waals surface area contributed by atoms with Crippen LogP contribution in [-0.2, 0) is 6.42 Å². The molecule has 19 heavy (non-hydrogen) atoms. The van der Waals surface area contributed by atoms with Crippen molar-refractivity contribution in [2.75, 3.05) is 6.54 Å². The first-order chi connectivity index (χ1) is 9.02. The number of nitrogens with one attached hydrogen (secondary N) is 1. The summed E-state index contributed by atoms with van der Waals surface area (Å²) in [7, 11) is 0. The van der Waals surface area contributed by atoms with Gasteiger partial charge in [0, 0.05) is 6.04 Å². The lowest BCUT2D eigenvalue weighted by molar-refractivity contribution is 0.159. The van der Waals surface area contributed by atoms with Gasteiger partial charge in [-0.3, -0.25) is 0 Å². The first-order valence-electron chi connectivity index (χ1n) is 7.53. The summed E-state index contributed by atoms with van der Waals surface area (Å²) in [5, 5.41) is 13.0. The maximum atomic E-state index is 9.52. The van der Waals surface area contributed by atoms with Gasteiger partial charge in [0.05, 0.1) is 6.10 Å². The Morgan fingerprint density at radius 3 is 2.26 bits per heavy atom. The first kappa shape index (κ1) is 16.2. The Kier molecular flexibility index (Phi) is 7.11. The van der Waals surface area contributed by atoms with Crippen LogP contribution in [0.4, 0.5) is 0 Å². The zero-order valence-electron chi connectivity index (χ0n) is 12.8. The molecule has 0 aliphatic heterocycles. The van der Waals surface area contributed by atoms with Crippen LogP contribution in [0.5, 0.6) is 0 Å². The van der Waals surface area contributed by atoms with E-state index in [0.29, 0.717) is 12.0 Å². The number of hydrogen-bond acceptors (Lipinski definition) is 2. The molecule has 0 aliphatic rings. The predicted molar refractivity (Wildman–Crippen MR) is 82.3 cm³/mol. The Labute approximate surface area is 118 Å². The van der Waals surface area contributed by atoms with Crippen molar-refractivity contribution in [3.05, 3.63) is 35.4 Å². The van der Waals surface area contributed by atoms with Crippen LogP contribution in [-0.4, -0.2) is 17.8 Å². The van der Waals surface area contributed by atoms with Gasteiger partial charge in [0.25, 0.3) is 0 Å². The van der Waals surface area contributed by atoms with Crippen molar-refractivity contribution in [3.8, 4) is 0 Å². The minimum Gasteiger partial charge on any atom is -0.393 e. The molecule has 1 aromatic carbocycles. The summed E-state index contributed by atoms with van der Waals surface area (Å²) in [6.45, 7) is 9.55. The molecule has 1 rings (SSSR count). The molecule has 0 bridgehead atoms. The summed E-state index contributed by atoms with van der Waals surface area (Å²) in [5.41, 5.74) is 2.73. The topological polar surface area (TPSA) is 32.3 Å². The lowest BCUT2D eigenvalue weighted by Crippen LogP contribution is -2.23. The Hall–Kier alpha value is -0.860. The van der Waals surface area contributed by atoms with Gasteiger partial charge in [-0.05, 0) is 49.8 Å². The van der Waals surface area contributed by atoms with Crippen LogP contribution in [0.2, 0.25) is 0 Å². The largest absolute Gasteiger partial charge is 0.393 e. The summed E-state index contributed by atoms with van der Waals surface area (Å²) < 4.78 is 0. The predicted octanol–water partition coefficient (Wildman–Crippen LogP) is 3.70. The van der Waals surface area contributed by atoms with Crippen molar-refractivity contribution >= 4 is 0 Å². The molecule has 0 saturated carbocycles. The van der Waals surface area contributed by atoms with Crippen LogP contribution in [0.1, 0.15) is 57.7 Å². The van der Waals surface area contributed by atoms with Crippen molar-refractivity contribution < 1.29 is 5.11 Å². The smallest absolute Gasteiger partial charge is 0.0549 e. The van der Waals surface area contributed by atoms with Gasteiger partial charge in [0.15, 0.2) is 0 Å². The standard InChI is InChI=1S/C17H29NO/c1-5-17(19)10-11-18-14(4)16-8-6-15(7-9-16)12-13(2)3/h6-9,13-14,17-19H,5,10-12H2,1-4H3. The maximum absolute atomic E-state index is 9.52. The molecule has 0 saturated heterocycles. The van der Waals surface area contributed by atoms with Crippen molar-refractivity contribution in [3.63, 3.8) is 0 Å². The van der Waals surface area contributed by atoms with E-state index in [2.05, 4.69) is 50.4 Å². The molecule has 0 amide bonds. The highest BCUT2D eigenvalue weighted by atomic mass is 16.3. The fourth-order valence-electron chi connectivity index (χ4n) is 2.20. The second-order valence-corrected chi connectivity index (χ2v) is 5.87. The molecule has 0 heterocycles. The second kappa shape index (κ2) is 8.34. The summed E-state index contributed by atoms with van der Waals surface area (Å²) >= 11 is 0. The molecule has 2 heteroatoms. The number of hydrogen-bond donors (Lipinski definition) is 2. The highest BCUT2D eigenvalue weighted by molar-refractivity contribution is 5.25. The molecule has 2 unspecified atom stereocenters. The van der Waals surface area contributed by atoms with Crippen molar-refractivity contribution in [2.24, 2.45) is 5.92 Å². The van der Waals surface area contributed by atoms with Crippen LogP contribution in [0.15, 0.2) is 24.3 Å². The van der Waals surface area contributed by atoms with Gasteiger partial charge in [-0.15, -0.1) is 0 Å². The number of aliphatic hydroxyl groups excluding tert-OH is 1. The summed E-state index contributed by atoms with van der Waals surface area (Å²) in [5.74, 6) is 0.705. The van der Waals surface area contributed by atoms with Crippen LogP contribution in [0.3, 0.4) is 0 Å². The Morgan fingerprint density at radius 1 is 1.11 bits per heavy atom. The summed E-state index contributed by atoms with van der Waals surface area (Å²) in [4.78, 5) is 0. The molecule has 0 fully saturated rings. The highest BCUT2D eigenvalue weighted by Gasteiger charge is 2.06. The number of rotatable bonds is 8. The van der Waals surface area contributed by atoms with E-state index in [9.17, 15) is 5.11 Å². The molecule has 1 aromatic rings. The Bertz CT molecular complexity index is 345. The normalized spacial score (nSPS) is 14.6. The van der Waals surface area contributed by atoms with Gasteiger partial charge in [0.1, 0.15) is 0 Å². The quantitative estimate of drug-likeness (QED) is 0.749. The molecule has 2 N–H and O–H groups in total. The van der Waals surface area contributed by atoms with E-state index in [0.717, 1.165) is 25.8 Å². The third kappa shape index (κ3) is 6.22. The van der Waals surface area contributed by atoms with E-state index in [-0.39, 0.29) is 6.10 Å². The zero-order chi connectivity index (χ0) is 14.3. The zero-order valence-corrected chi connectivity index (χ0v) is 12.8. The highest BCUT2D eigenvalue weighted by Crippen LogP contribution is 2.15. The third-order valence-electron chi connectivity index (χ3n) is 3.52. The number of aliphatic hydroxyl groups is 1. The molecule has 108 valence electrons. The van der Waals surface area contributed by atoms with Gasteiger partial charge in [-0.2, -0.15) is 0 Å². The lowest BCUT2D eigenvalue weighted by atomic mass is 10.00. The fourth-order valence-corrected chi connectivity index (χ4v) is 2.20. The van der Waals surface area contributed by atoms with E-state index in [1.54, 1.807) is 0 Å². The van der Waals surface area contributed by atoms with Gasteiger partial charge < -0.3 is 10.4 Å². The van der Waals surface area contributed by atoms with E-state index in [4.69, 9.17) is 0 Å². The van der Waals surface area contributed by atoms with Gasteiger partial charge in [0.2, 0.25) is 0 Å². The average molecular weight is 263 g/mol. The maximum Gasteiger partial charge on any atom is 0.0549 e. The van der Waals surface area contributed by atoms with Crippen molar-refractivity contribution in [1.29, 1.82) is 0 Å². The van der Waals surface area contributed by atoms with Crippen LogP contribution in [0, 0.1) is 5.92 Å². The van der Waals surface area contributed by atoms with Gasteiger partial charge in [-0.25, -0.2) is 0 Å². The first-order valence-corrected chi connectivity index (χ1v) is 7.53. The lowest BCUT2D eigenvalue weighted by Gasteiger charge is -2.16. The average Bonchev–Trinajstić information content (AvgIpc) is 2.38. The third-order valence-corrected chi connectivity index (χ3v) is 3.52. The Morgan fingerprint density at radius 2 is 1.74 bits per heavy atom. The van der Waals surface area contributed by atoms with Gasteiger partial charge >= 0.3 is 0 Å². The van der Waals surface area contributed by atoms with E-state index in [1.807, 2.05) is 6.92 Å². The minimum absolute atomic E-state index is 0.173. The summed E-state index contributed by atoms with van der Waals surface area (Å²) in [6.07, 6.45) is 2.63. The van der Waals surface area contributed by atoms with E-state index in [1.165, 1.54) is 11.1 Å². The monoisotopic (exact) mass is 263 g/mol. The van der Waals surface area contributed by atoms with Crippen LogP contribution < -0.4 is 5.32 Å². The van der Waals surface area contributed by atoms with Crippen molar-refractivity contribution in [1.82, 2.24) is 5.32 Å². The molecular weight excluding hydrogens is 234 g/mol. The van der Waals surface area contributed by atoms with E-state index >= 15 is 0 Å². The van der Waals surface area contributed by atoms with Crippen LogP contribution in [0.25, 0.3) is 0 Å². The van der Waals surface area contributed by atoms with Gasteiger partial charge in [-0.1, -0.05) is 45.0 Å². The Balaban J connectivity index is 2.42. The molecule has 0 radical (unpaired) electrons. The second-order valence-electron chi connectivity index (χ2n) is 5.87. The van der Waals surface area contributed by atoms with E-state index < -0.39 is 0 Å². The molecule has 0 aromatic heterocycles. The van der Waals surface area contributed by atoms with Crippen molar-refractivity contribution in [2.45, 2.75) is 59.1 Å². The molecular formula is C17H29NO. The number of benzene rings is 1. The molecule has 2 nitrogen and oxygen atoms in total. The minimum atomic E-state index is -0.173. The molecule has 0 aliphatic carbocycles. The fraction of sp³-hybridized carbons (Fsp3) is 0.647. The van der Waals surface area contributed by atoms with Crippen LogP contribution >= 0.6 is 0 Å².